The number of aryl methyl sites for hydroxylation is 3. The quantitative estimate of drug-likeness (QED) is 0.0794. The summed E-state index contributed by atoms with van der Waals surface area (Å²) < 4.78 is 31.4. The summed E-state index contributed by atoms with van der Waals surface area (Å²) in [5, 5.41) is 29.2. The van der Waals surface area contributed by atoms with Gasteiger partial charge in [-0.05, 0) is 479 Å². The molecule has 3 unspecified atom stereocenters. The Bertz CT molecular complexity index is 6020. The fourth-order valence-corrected chi connectivity index (χ4v) is 20.6. The molecule has 0 spiro atoms. The van der Waals surface area contributed by atoms with Crippen molar-refractivity contribution in [3.05, 3.63) is 205 Å². The number of anilines is 4. The van der Waals surface area contributed by atoms with Gasteiger partial charge in [-0.2, -0.15) is 0 Å². The maximum atomic E-state index is 13.4. The molecule has 0 amide bonds. The minimum absolute atomic E-state index is 0.0246. The highest BCUT2D eigenvalue weighted by Crippen LogP contribution is 2.61. The number of methoxy groups -OCH3 is 1. The lowest BCUT2D eigenvalue weighted by atomic mass is 9.74. The predicted octanol–water partition coefficient (Wildman–Crippen LogP) is 28.3. The summed E-state index contributed by atoms with van der Waals surface area (Å²) in [7, 11) is 1.75. The van der Waals surface area contributed by atoms with E-state index in [1.807, 2.05) is 0 Å². The highest BCUT2D eigenvalue weighted by Gasteiger charge is 2.45. The van der Waals surface area contributed by atoms with Crippen LogP contribution in [0.3, 0.4) is 0 Å². The van der Waals surface area contributed by atoms with Crippen LogP contribution in [-0.2, 0) is 4.74 Å². The number of aliphatic hydroxyl groups is 1. The fraction of sp³-hybridized carbons (Fsp3) is 0.462. The summed E-state index contributed by atoms with van der Waals surface area (Å²) >= 11 is 0. The molecule has 9 aromatic rings. The molecule has 0 saturated carbocycles. The van der Waals surface area contributed by atoms with E-state index in [0.717, 1.165) is 95.0 Å². The van der Waals surface area contributed by atoms with Crippen LogP contribution < -0.4 is 41.1 Å². The van der Waals surface area contributed by atoms with E-state index in [4.69, 9.17) is 23.4 Å². The molecule has 0 aliphatic carbocycles. The number of benzene rings is 8. The monoisotopic (exact) mass is 1580 g/mol. The Labute approximate surface area is 700 Å². The second-order valence-corrected chi connectivity index (χ2v) is 38.2. The molecule has 7 aliphatic rings. The second-order valence-electron chi connectivity index (χ2n) is 38.2. The smallest absolute Gasteiger partial charge is 0.344 e. The van der Waals surface area contributed by atoms with Crippen molar-refractivity contribution in [3.63, 3.8) is 0 Å². The number of nitrogens with one attached hydrogen (secondary N) is 4. The maximum absolute atomic E-state index is 13.4. The van der Waals surface area contributed by atoms with Crippen LogP contribution in [0.25, 0.3) is 77.4 Å². The molecule has 11 nitrogen and oxygen atoms in total. The van der Waals surface area contributed by atoms with Crippen LogP contribution in [0.15, 0.2) is 31.5 Å². The first-order chi connectivity index (χ1) is 54.1. The number of allylic oxidation sites excluding steroid dienone is 4. The summed E-state index contributed by atoms with van der Waals surface area (Å²) in [6.45, 7) is 90.2. The number of aliphatic hydroxyl groups excluding tert-OH is 1. The van der Waals surface area contributed by atoms with Gasteiger partial charge in [-0.25, -0.2) is 4.79 Å². The molecule has 620 valence electrons. The Kier molecular flexibility index (Phi) is 21.0. The molecule has 3 atom stereocenters. The minimum Gasteiger partial charge on any atom is -0.485 e. The Hall–Kier alpha value is -9.29. The van der Waals surface area contributed by atoms with Crippen LogP contribution in [0.2, 0.25) is 0 Å². The van der Waals surface area contributed by atoms with Gasteiger partial charge in [-0.3, -0.25) is 0 Å². The van der Waals surface area contributed by atoms with Crippen LogP contribution in [0.4, 0.5) is 22.7 Å². The Morgan fingerprint density at radius 2 is 0.556 bits per heavy atom. The van der Waals surface area contributed by atoms with E-state index in [9.17, 15) is 9.90 Å². The number of hydrogen-bond donors (Lipinski definition) is 5. The Balaban J connectivity index is 0.000000135. The zero-order chi connectivity index (χ0) is 87.0. The van der Waals surface area contributed by atoms with E-state index in [1.54, 1.807) is 7.11 Å². The van der Waals surface area contributed by atoms with Crippen molar-refractivity contribution in [2.75, 3.05) is 28.4 Å². The van der Waals surface area contributed by atoms with Crippen LogP contribution in [-0.4, -0.2) is 34.4 Å². The lowest BCUT2D eigenvalue weighted by Gasteiger charge is -2.42. The maximum Gasteiger partial charge on any atom is 0.344 e. The third-order valence-corrected chi connectivity index (χ3v) is 31.4. The number of hydrogen-bond acceptors (Lipinski definition) is 11. The first-order valence-corrected chi connectivity index (χ1v) is 42.5. The molecule has 0 fully saturated rings. The van der Waals surface area contributed by atoms with E-state index >= 15 is 0 Å². The Morgan fingerprint density at radius 1 is 0.282 bits per heavy atom. The van der Waals surface area contributed by atoms with Gasteiger partial charge in [0.05, 0.1) is 27.5 Å². The lowest BCUT2D eigenvalue weighted by molar-refractivity contribution is -0.0584. The van der Waals surface area contributed by atoms with E-state index in [1.165, 1.54) is 212 Å². The molecule has 0 radical (unpaired) electrons. The van der Waals surface area contributed by atoms with Gasteiger partial charge in [0.15, 0.2) is 0 Å². The summed E-state index contributed by atoms with van der Waals surface area (Å²) in [5.74, 6) is 2.88. The molecule has 11 heteroatoms. The van der Waals surface area contributed by atoms with Crippen molar-refractivity contribution in [2.45, 2.75) is 325 Å². The second kappa shape index (κ2) is 28.7. The SMILES string of the molecule is CC1=C(C)C(C)(C)Nc2c(C)c(C)c3c(c21)C(C)Oc1c(C)c(C)c(C)c(C)c1-3.CC1=C(C)C(C)(C)Nc2c(C)c(C)c3c(c21)C(O)Oc1c(C)c(C)c(C)c(C)c1-3.CC1=C(C)C(C)(C)Nc2c(C)c(C)c3c(c21)c(=O)oc1c(C)c(C)c(C)c(C)c13.COC1Oc2c(C)c(C)c(C)c(C)c2-c2c(C)c(C)c3c(c21)C(C)=C(C)C(C)(C)N3. The van der Waals surface area contributed by atoms with Crippen molar-refractivity contribution in [3.8, 4) is 50.6 Å². The summed E-state index contributed by atoms with van der Waals surface area (Å²) in [6.07, 6.45) is -1.38. The van der Waals surface area contributed by atoms with Gasteiger partial charge in [0.2, 0.25) is 12.6 Å². The van der Waals surface area contributed by atoms with Gasteiger partial charge in [-0.15, -0.1) is 0 Å². The van der Waals surface area contributed by atoms with Crippen LogP contribution in [0.5, 0.6) is 17.2 Å². The van der Waals surface area contributed by atoms with Crippen LogP contribution in [0, 0.1) is 166 Å². The van der Waals surface area contributed by atoms with E-state index in [2.05, 4.69) is 305 Å². The van der Waals surface area contributed by atoms with E-state index in [-0.39, 0.29) is 33.9 Å². The van der Waals surface area contributed by atoms with Crippen LogP contribution in [0.1, 0.15) is 309 Å². The third-order valence-electron chi connectivity index (χ3n) is 31.4. The highest BCUT2D eigenvalue weighted by molar-refractivity contribution is 6.15. The summed E-state index contributed by atoms with van der Waals surface area (Å²) in [4.78, 5) is 13.4. The molecule has 0 bridgehead atoms. The van der Waals surface area contributed by atoms with Gasteiger partial charge in [-0.1, -0.05) is 0 Å². The number of rotatable bonds is 1. The minimum atomic E-state index is -0.975. The molecule has 1 aromatic heterocycles. The number of fused-ring (bicyclic) bond motifs is 20. The molecule has 5 N–H and O–H groups in total. The molecule has 0 saturated heterocycles. The topological polar surface area (TPSA) is 135 Å². The summed E-state index contributed by atoms with van der Waals surface area (Å²) in [6, 6.07) is 0. The van der Waals surface area contributed by atoms with Crippen molar-refractivity contribution >= 4 is 66.8 Å². The summed E-state index contributed by atoms with van der Waals surface area (Å²) in [5.41, 5.74) is 61.1. The molecule has 8 aromatic carbocycles. The van der Waals surface area contributed by atoms with Gasteiger partial charge in [0.25, 0.3) is 0 Å². The standard InChI is InChI=1S/C27H35NO2.C27H35NO.C26H33NO2.C26H31NO2/c1-12-13(2)17(6)25-22(14(12)3)20-15(4)16(5)24-21(23(20)26(29-11)30-25)18(7)19(8)27(9,10)28-24;1-12-13(2)17(6)26-23(14(12)3)21-15(4)16(5)25-22(24(21)20(9)29-26)18(7)19(8)27(10,11)28-25;2*1-11-12(2)16(6)24-21(13(11)3)19-14(4)15(5)23-20(22(19)25(28)29-24)17(7)18(8)26(9,10)27-23/h26,28H,1-11H3;20,28H,1-11H3;25,27-28H,1-10H3;27H,1-10H3. The van der Waals surface area contributed by atoms with Crippen molar-refractivity contribution < 1.29 is 28.5 Å². The average molecular weight is 1580 g/mol. The van der Waals surface area contributed by atoms with Crippen molar-refractivity contribution in [1.29, 1.82) is 0 Å². The highest BCUT2D eigenvalue weighted by atomic mass is 16.7. The zero-order valence-electron chi connectivity index (χ0n) is 79.1. The molecular formula is C106H134N4O7. The first-order valence-electron chi connectivity index (χ1n) is 42.5. The first kappa shape index (κ1) is 85.6. The Morgan fingerprint density at radius 3 is 0.940 bits per heavy atom. The fourth-order valence-electron chi connectivity index (χ4n) is 20.6. The largest absolute Gasteiger partial charge is 0.485 e. The van der Waals surface area contributed by atoms with Gasteiger partial charge in [0, 0.05) is 96.3 Å². The molecule has 16 rings (SSSR count). The van der Waals surface area contributed by atoms with E-state index in [0.29, 0.717) is 5.39 Å². The van der Waals surface area contributed by atoms with Gasteiger partial charge in [0.1, 0.15) is 28.9 Å². The predicted molar refractivity (Wildman–Crippen MR) is 498 cm³/mol. The van der Waals surface area contributed by atoms with Crippen LogP contribution >= 0.6 is 0 Å². The molecular weight excluding hydrogens is 1440 g/mol. The molecule has 8 heterocycles. The third kappa shape index (κ3) is 12.3. The average Bonchev–Trinajstić information content (AvgIpc) is 0.721. The van der Waals surface area contributed by atoms with Gasteiger partial charge >= 0.3 is 5.63 Å². The van der Waals surface area contributed by atoms with Crippen molar-refractivity contribution in [1.82, 2.24) is 0 Å². The van der Waals surface area contributed by atoms with Gasteiger partial charge < -0.3 is 49.7 Å². The lowest BCUT2D eigenvalue weighted by Crippen LogP contribution is -2.37. The normalized spacial score (nSPS) is 18.3. The number of ether oxygens (including phenoxy) is 4. The zero-order valence-corrected chi connectivity index (χ0v) is 79.1. The van der Waals surface area contributed by atoms with Crippen molar-refractivity contribution in [2.24, 2.45) is 0 Å². The molecule has 7 aliphatic heterocycles. The molecule has 117 heavy (non-hydrogen) atoms. The van der Waals surface area contributed by atoms with E-state index < -0.39 is 12.6 Å².